The molecule has 1 aliphatic rings. The molecule has 0 atom stereocenters. The number of sulfonamides is 1. The summed E-state index contributed by atoms with van der Waals surface area (Å²) in [7, 11) is -3.98. The van der Waals surface area contributed by atoms with E-state index in [-0.39, 0.29) is 10.6 Å². The third kappa shape index (κ3) is 3.61. The largest absolute Gasteiger partial charge is 0.494 e. The molecule has 1 heterocycles. The number of fused-ring (bicyclic) bond motifs is 3. The predicted molar refractivity (Wildman–Crippen MR) is 113 cm³/mol. The highest BCUT2D eigenvalue weighted by Gasteiger charge is 2.36. The number of rotatable bonds is 5. The third-order valence-electron chi connectivity index (χ3n) is 4.71. The Bertz CT molecular complexity index is 1210. The molecule has 3 aromatic rings. The molecule has 1 aliphatic heterocycles. The van der Waals surface area contributed by atoms with Gasteiger partial charge in [0.15, 0.2) is 0 Å². The van der Waals surface area contributed by atoms with Gasteiger partial charge in [-0.2, -0.15) is 0 Å². The Kier molecular flexibility index (Phi) is 5.17. The smallest absolute Gasteiger partial charge is 0.265 e. The Morgan fingerprint density at radius 1 is 1.03 bits per heavy atom. The number of halogens is 1. The summed E-state index contributed by atoms with van der Waals surface area (Å²) in [6.45, 7) is 1.96. The van der Waals surface area contributed by atoms with Crippen molar-refractivity contribution in [3.63, 3.8) is 0 Å². The summed E-state index contributed by atoms with van der Waals surface area (Å²) in [6.07, 6.45) is 0. The van der Waals surface area contributed by atoms with Gasteiger partial charge in [0.2, 0.25) is 5.91 Å². The molecule has 1 N–H and O–H groups in total. The Morgan fingerprint density at radius 2 is 1.77 bits per heavy atom. The molecule has 0 unspecified atom stereocenters. The van der Waals surface area contributed by atoms with Gasteiger partial charge in [-0.25, -0.2) is 12.8 Å². The number of carbonyl (C=O) groups is 1. The summed E-state index contributed by atoms with van der Waals surface area (Å²) in [4.78, 5) is 12.7. The van der Waals surface area contributed by atoms with Crippen LogP contribution in [0.2, 0.25) is 0 Å². The van der Waals surface area contributed by atoms with Crippen LogP contribution in [-0.4, -0.2) is 27.5 Å². The van der Waals surface area contributed by atoms with E-state index >= 15 is 0 Å². The van der Waals surface area contributed by atoms with Gasteiger partial charge >= 0.3 is 0 Å². The summed E-state index contributed by atoms with van der Waals surface area (Å²) in [6, 6.07) is 17.0. The molecular formula is C22H19FN2O4S. The molecule has 0 radical (unpaired) electrons. The van der Waals surface area contributed by atoms with Crippen molar-refractivity contribution in [1.82, 2.24) is 0 Å². The van der Waals surface area contributed by atoms with Crippen molar-refractivity contribution < 1.29 is 22.3 Å². The maximum atomic E-state index is 13.9. The molecule has 0 bridgehead atoms. The zero-order chi connectivity index (χ0) is 21.3. The fourth-order valence-electron chi connectivity index (χ4n) is 3.41. The van der Waals surface area contributed by atoms with E-state index in [0.29, 0.717) is 29.2 Å². The lowest BCUT2D eigenvalue weighted by Gasteiger charge is -2.31. The number of carbonyl (C=O) groups excluding carboxylic acids is 1. The normalized spacial score (nSPS) is 13.9. The van der Waals surface area contributed by atoms with Crippen LogP contribution in [0.1, 0.15) is 6.92 Å². The van der Waals surface area contributed by atoms with Crippen LogP contribution in [0.3, 0.4) is 0 Å². The van der Waals surface area contributed by atoms with Gasteiger partial charge in [-0.3, -0.25) is 9.10 Å². The molecule has 3 aromatic carbocycles. The second kappa shape index (κ2) is 7.79. The Morgan fingerprint density at radius 3 is 2.50 bits per heavy atom. The predicted octanol–water partition coefficient (Wildman–Crippen LogP) is 4.04. The zero-order valence-corrected chi connectivity index (χ0v) is 16.9. The van der Waals surface area contributed by atoms with Crippen molar-refractivity contribution in [3.8, 4) is 16.9 Å². The molecule has 0 spiro atoms. The van der Waals surface area contributed by atoms with E-state index in [1.54, 1.807) is 42.5 Å². The summed E-state index contributed by atoms with van der Waals surface area (Å²) in [5.74, 6) is -0.333. The maximum absolute atomic E-state index is 13.9. The van der Waals surface area contributed by atoms with E-state index in [1.807, 2.05) is 6.92 Å². The van der Waals surface area contributed by atoms with Crippen molar-refractivity contribution in [1.29, 1.82) is 0 Å². The van der Waals surface area contributed by atoms with Crippen LogP contribution < -0.4 is 14.4 Å². The van der Waals surface area contributed by atoms with Gasteiger partial charge in [0.25, 0.3) is 10.0 Å². The maximum Gasteiger partial charge on any atom is 0.265 e. The van der Waals surface area contributed by atoms with Crippen LogP contribution in [0.4, 0.5) is 15.8 Å². The van der Waals surface area contributed by atoms with Crippen molar-refractivity contribution >= 4 is 27.3 Å². The molecule has 30 heavy (non-hydrogen) atoms. The zero-order valence-electron chi connectivity index (χ0n) is 16.1. The Balaban J connectivity index is 1.64. The molecule has 0 saturated heterocycles. The minimum absolute atomic E-state index is 0.0389. The average molecular weight is 426 g/mol. The molecule has 154 valence electrons. The highest BCUT2D eigenvalue weighted by molar-refractivity contribution is 7.93. The molecule has 1 amide bonds. The van der Waals surface area contributed by atoms with Crippen LogP contribution >= 0.6 is 0 Å². The van der Waals surface area contributed by atoms with Crippen LogP contribution in [0.15, 0.2) is 71.6 Å². The van der Waals surface area contributed by atoms with E-state index in [1.165, 1.54) is 24.3 Å². The lowest BCUT2D eigenvalue weighted by molar-refractivity contribution is -0.114. The number of hydrogen-bond donors (Lipinski definition) is 1. The summed E-state index contributed by atoms with van der Waals surface area (Å²) in [5.41, 5.74) is 1.61. The second-order valence-electron chi connectivity index (χ2n) is 6.67. The number of hydrogen-bond acceptors (Lipinski definition) is 4. The first-order chi connectivity index (χ1) is 14.4. The first kappa shape index (κ1) is 19.9. The van der Waals surface area contributed by atoms with Gasteiger partial charge in [0.1, 0.15) is 18.1 Å². The molecule has 0 aromatic heterocycles. The monoisotopic (exact) mass is 426 g/mol. The van der Waals surface area contributed by atoms with Gasteiger partial charge in [-0.15, -0.1) is 0 Å². The molecule has 6 nitrogen and oxygen atoms in total. The van der Waals surface area contributed by atoms with Gasteiger partial charge < -0.3 is 10.1 Å². The summed E-state index contributed by atoms with van der Waals surface area (Å²) < 4.78 is 46.6. The number of ether oxygens (including phenoxy) is 1. The van der Waals surface area contributed by atoms with E-state index in [2.05, 4.69) is 5.32 Å². The quantitative estimate of drug-likeness (QED) is 0.668. The highest BCUT2D eigenvalue weighted by Crippen LogP contribution is 2.43. The van der Waals surface area contributed by atoms with Crippen molar-refractivity contribution in [2.24, 2.45) is 0 Å². The number of anilines is 2. The number of amides is 1. The lowest BCUT2D eigenvalue weighted by atomic mass is 10.0. The van der Waals surface area contributed by atoms with Crippen LogP contribution in [0, 0.1) is 5.82 Å². The first-order valence-electron chi connectivity index (χ1n) is 9.34. The first-order valence-corrected chi connectivity index (χ1v) is 10.8. The number of benzene rings is 3. The van der Waals surface area contributed by atoms with E-state index < -0.39 is 28.3 Å². The minimum atomic E-state index is -3.98. The van der Waals surface area contributed by atoms with E-state index in [4.69, 9.17) is 4.74 Å². The van der Waals surface area contributed by atoms with Crippen molar-refractivity contribution in [2.45, 2.75) is 11.8 Å². The molecular weight excluding hydrogens is 407 g/mol. The second-order valence-corrected chi connectivity index (χ2v) is 8.51. The molecule has 8 heteroatoms. The number of nitrogens with one attached hydrogen (secondary N) is 1. The van der Waals surface area contributed by atoms with Gasteiger partial charge in [0, 0.05) is 16.8 Å². The van der Waals surface area contributed by atoms with E-state index in [0.717, 1.165) is 4.31 Å². The lowest BCUT2D eigenvalue weighted by Crippen LogP contribution is -2.40. The summed E-state index contributed by atoms with van der Waals surface area (Å²) >= 11 is 0. The molecule has 0 fully saturated rings. The fraction of sp³-hybridized carbons (Fsp3) is 0.136. The Labute approximate surface area is 174 Å². The minimum Gasteiger partial charge on any atom is -0.494 e. The Hall–Kier alpha value is -3.39. The number of nitrogens with zero attached hydrogens (tertiary/aromatic N) is 1. The standard InChI is InChI=1S/C22H19FN2O4S/c1-2-29-17-10-8-16(9-11-17)24-22(26)14-25-20-12-7-15(23)13-19(20)18-5-3-4-6-21(18)30(25,27)28/h3-13H,2,14H2,1H3,(H,24,26). The molecule has 0 aliphatic carbocycles. The summed E-state index contributed by atoms with van der Waals surface area (Å²) in [5, 5.41) is 2.69. The average Bonchev–Trinajstić information content (AvgIpc) is 2.73. The van der Waals surface area contributed by atoms with Crippen LogP contribution in [-0.2, 0) is 14.8 Å². The van der Waals surface area contributed by atoms with Crippen molar-refractivity contribution in [3.05, 3.63) is 72.5 Å². The highest BCUT2D eigenvalue weighted by atomic mass is 32.2. The fourth-order valence-corrected chi connectivity index (χ4v) is 5.06. The molecule has 4 rings (SSSR count). The van der Waals surface area contributed by atoms with E-state index in [9.17, 15) is 17.6 Å². The topological polar surface area (TPSA) is 75.7 Å². The van der Waals surface area contributed by atoms with Gasteiger partial charge in [-0.1, -0.05) is 18.2 Å². The van der Waals surface area contributed by atoms with Crippen LogP contribution in [0.25, 0.3) is 11.1 Å². The van der Waals surface area contributed by atoms with Crippen LogP contribution in [0.5, 0.6) is 5.75 Å². The van der Waals surface area contributed by atoms with Gasteiger partial charge in [-0.05, 0) is 55.5 Å². The van der Waals surface area contributed by atoms with Crippen molar-refractivity contribution in [2.75, 3.05) is 22.8 Å². The third-order valence-corrected chi connectivity index (χ3v) is 6.53. The SMILES string of the molecule is CCOc1ccc(NC(=O)CN2c3ccc(F)cc3-c3ccccc3S2(=O)=O)cc1. The molecule has 0 saturated carbocycles. The van der Waals surface area contributed by atoms with Gasteiger partial charge in [0.05, 0.1) is 17.2 Å².